The van der Waals surface area contributed by atoms with Crippen molar-refractivity contribution in [3.8, 4) is 0 Å². The Morgan fingerprint density at radius 2 is 1.81 bits per heavy atom. The maximum Gasteiger partial charge on any atom is 0.349 e. The first-order valence-corrected chi connectivity index (χ1v) is 9.97. The molecule has 1 aliphatic heterocycles. The molecule has 0 saturated carbocycles. The molecule has 2 amide bonds. The van der Waals surface area contributed by atoms with Gasteiger partial charge in [-0.25, -0.2) is 4.79 Å². The second kappa shape index (κ2) is 8.84. The van der Waals surface area contributed by atoms with E-state index in [0.717, 1.165) is 24.2 Å². The van der Waals surface area contributed by atoms with Crippen molar-refractivity contribution in [3.05, 3.63) is 59.7 Å². The zero-order valence-electron chi connectivity index (χ0n) is 17.1. The molecule has 1 aromatic heterocycles. The van der Waals surface area contributed by atoms with Gasteiger partial charge in [-0.05, 0) is 60.8 Å². The smallest absolute Gasteiger partial charge is 0.349 e. The Bertz CT molecular complexity index is 1070. The Hall–Kier alpha value is -3.92. The van der Waals surface area contributed by atoms with Gasteiger partial charge in [-0.2, -0.15) is 4.98 Å². The van der Waals surface area contributed by atoms with Crippen molar-refractivity contribution in [1.29, 1.82) is 0 Å². The average molecular weight is 420 g/mol. The minimum atomic E-state index is -0.511. The molecule has 1 atom stereocenters. The number of rotatable bonds is 5. The van der Waals surface area contributed by atoms with Crippen LogP contribution in [0.15, 0.2) is 48.5 Å². The molecule has 3 aromatic rings. The molecule has 0 aliphatic carbocycles. The number of benzene rings is 2. The third-order valence-corrected chi connectivity index (χ3v) is 5.15. The van der Waals surface area contributed by atoms with Crippen molar-refractivity contribution in [2.24, 2.45) is 0 Å². The lowest BCUT2D eigenvalue weighted by Crippen LogP contribution is -2.22. The summed E-state index contributed by atoms with van der Waals surface area (Å²) in [5.74, 6) is 0.456. The highest BCUT2D eigenvalue weighted by molar-refractivity contribution is 5.94. The highest BCUT2D eigenvalue weighted by Crippen LogP contribution is 2.24. The summed E-state index contributed by atoms with van der Waals surface area (Å²) >= 11 is 0. The Morgan fingerprint density at radius 3 is 2.45 bits per heavy atom. The van der Waals surface area contributed by atoms with Gasteiger partial charge < -0.3 is 27.0 Å². The molecule has 0 spiro atoms. The van der Waals surface area contributed by atoms with Crippen LogP contribution in [0.4, 0.5) is 28.1 Å². The number of nitrogens with zero attached hydrogens (tertiary/aromatic N) is 3. The molecule has 0 bridgehead atoms. The molecule has 1 unspecified atom stereocenters. The largest absolute Gasteiger partial charge is 0.368 e. The third-order valence-electron chi connectivity index (χ3n) is 5.15. The number of hydrogen-bond donors (Lipinski definition) is 5. The molecule has 31 heavy (non-hydrogen) atoms. The first kappa shape index (κ1) is 20.4. The Kier molecular flexibility index (Phi) is 5.80. The molecule has 4 rings (SSSR count). The molecule has 2 aromatic carbocycles. The van der Waals surface area contributed by atoms with E-state index in [4.69, 9.17) is 5.73 Å². The molecule has 1 fully saturated rings. The Labute approximate surface area is 179 Å². The van der Waals surface area contributed by atoms with E-state index in [0.29, 0.717) is 22.9 Å². The topological polar surface area (TPSA) is 139 Å². The fourth-order valence-electron chi connectivity index (χ4n) is 3.46. The lowest BCUT2D eigenvalue weighted by Gasteiger charge is -2.10. The monoisotopic (exact) mass is 420 g/mol. The highest BCUT2D eigenvalue weighted by Gasteiger charge is 2.17. The standard InChI is InChI=1S/C21H24N8O2/c1-23-18(30)14-4-8-16(9-5-14)25-20-27-19(22)29(28-20)21(31)26-17-6-2-13(3-7-17)15-10-11-24-12-15/h2-9,15,24H,10-12H2,1H3,(H,23,30)(H,26,31)(H3,22,25,27,28). The summed E-state index contributed by atoms with van der Waals surface area (Å²) in [5.41, 5.74) is 8.94. The predicted molar refractivity (Wildman–Crippen MR) is 119 cm³/mol. The van der Waals surface area contributed by atoms with Gasteiger partial charge in [0, 0.05) is 30.5 Å². The second-order valence-corrected chi connectivity index (χ2v) is 7.23. The van der Waals surface area contributed by atoms with Crippen molar-refractivity contribution in [1.82, 2.24) is 25.4 Å². The Morgan fingerprint density at radius 1 is 1.10 bits per heavy atom. The summed E-state index contributed by atoms with van der Waals surface area (Å²) in [5, 5.41) is 15.8. The number of anilines is 4. The van der Waals surface area contributed by atoms with Crippen molar-refractivity contribution in [3.63, 3.8) is 0 Å². The van der Waals surface area contributed by atoms with Crippen LogP contribution >= 0.6 is 0 Å². The van der Waals surface area contributed by atoms with Crippen LogP contribution in [0.2, 0.25) is 0 Å². The number of hydrogen-bond acceptors (Lipinski definition) is 7. The highest BCUT2D eigenvalue weighted by atomic mass is 16.2. The van der Waals surface area contributed by atoms with E-state index in [1.54, 1.807) is 31.3 Å². The number of nitrogen functional groups attached to an aromatic ring is 1. The van der Waals surface area contributed by atoms with E-state index in [1.807, 2.05) is 24.3 Å². The molecule has 6 N–H and O–H groups in total. The SMILES string of the molecule is CNC(=O)c1ccc(Nc2nc(N)n(C(=O)Nc3ccc(C4CCNC4)cc3)n2)cc1. The van der Waals surface area contributed by atoms with Crippen molar-refractivity contribution < 1.29 is 9.59 Å². The lowest BCUT2D eigenvalue weighted by molar-refractivity contribution is 0.0963. The second-order valence-electron chi connectivity index (χ2n) is 7.23. The number of carbonyl (C=O) groups excluding carboxylic acids is 2. The number of nitrogens with one attached hydrogen (secondary N) is 4. The van der Waals surface area contributed by atoms with Crippen molar-refractivity contribution in [2.75, 3.05) is 36.5 Å². The minimum Gasteiger partial charge on any atom is -0.368 e. The number of nitrogens with two attached hydrogens (primary N) is 1. The van der Waals surface area contributed by atoms with Gasteiger partial charge in [-0.3, -0.25) is 4.79 Å². The number of carbonyl (C=O) groups is 2. The summed E-state index contributed by atoms with van der Waals surface area (Å²) in [7, 11) is 1.57. The fraction of sp³-hybridized carbons (Fsp3) is 0.238. The fourth-order valence-corrected chi connectivity index (χ4v) is 3.46. The lowest BCUT2D eigenvalue weighted by atomic mass is 9.98. The van der Waals surface area contributed by atoms with Gasteiger partial charge in [0.15, 0.2) is 0 Å². The van der Waals surface area contributed by atoms with Crippen LogP contribution in [0, 0.1) is 0 Å². The van der Waals surface area contributed by atoms with Crippen molar-refractivity contribution in [2.45, 2.75) is 12.3 Å². The van der Waals surface area contributed by atoms with Gasteiger partial charge >= 0.3 is 6.03 Å². The van der Waals surface area contributed by atoms with Crippen LogP contribution in [0.1, 0.15) is 28.3 Å². The van der Waals surface area contributed by atoms with Crippen LogP contribution < -0.4 is 27.0 Å². The molecule has 1 aliphatic rings. The van der Waals surface area contributed by atoms with E-state index >= 15 is 0 Å². The maximum atomic E-state index is 12.6. The average Bonchev–Trinajstić information content (AvgIpc) is 3.44. The first-order chi connectivity index (χ1) is 15.0. The minimum absolute atomic E-state index is 0.0457. The Balaban J connectivity index is 1.40. The van der Waals surface area contributed by atoms with E-state index in [9.17, 15) is 9.59 Å². The molecule has 2 heterocycles. The maximum absolute atomic E-state index is 12.6. The molecule has 160 valence electrons. The van der Waals surface area contributed by atoms with E-state index in [-0.39, 0.29) is 17.8 Å². The van der Waals surface area contributed by atoms with Crippen molar-refractivity contribution >= 4 is 35.2 Å². The van der Waals surface area contributed by atoms with Crippen LogP contribution in [0.25, 0.3) is 0 Å². The third kappa shape index (κ3) is 4.64. The molecule has 10 nitrogen and oxygen atoms in total. The van der Waals surface area contributed by atoms with E-state index in [1.165, 1.54) is 5.56 Å². The van der Waals surface area contributed by atoms with Gasteiger partial charge in [0.05, 0.1) is 0 Å². The van der Waals surface area contributed by atoms with Gasteiger partial charge in [-0.1, -0.05) is 12.1 Å². The quantitative estimate of drug-likeness (QED) is 0.426. The summed E-state index contributed by atoms with van der Waals surface area (Å²) in [6, 6.07) is 14.0. The van der Waals surface area contributed by atoms with E-state index < -0.39 is 6.03 Å². The van der Waals surface area contributed by atoms with E-state index in [2.05, 4.69) is 31.3 Å². The molecular weight excluding hydrogens is 396 g/mol. The van der Waals surface area contributed by atoms with Gasteiger partial charge in [-0.15, -0.1) is 9.78 Å². The van der Waals surface area contributed by atoms with Gasteiger partial charge in [0.25, 0.3) is 5.91 Å². The normalized spacial score (nSPS) is 15.5. The molecule has 1 saturated heterocycles. The van der Waals surface area contributed by atoms with Crippen LogP contribution in [-0.2, 0) is 0 Å². The van der Waals surface area contributed by atoms with Crippen LogP contribution in [0.3, 0.4) is 0 Å². The summed E-state index contributed by atoms with van der Waals surface area (Å²) in [6.07, 6.45) is 1.12. The summed E-state index contributed by atoms with van der Waals surface area (Å²) < 4.78 is 0.996. The van der Waals surface area contributed by atoms with Crippen LogP contribution in [-0.4, -0.2) is 46.8 Å². The van der Waals surface area contributed by atoms with Gasteiger partial charge in [0.1, 0.15) is 0 Å². The first-order valence-electron chi connectivity index (χ1n) is 9.97. The number of aromatic nitrogens is 3. The van der Waals surface area contributed by atoms with Crippen LogP contribution in [0.5, 0.6) is 0 Å². The van der Waals surface area contributed by atoms with Gasteiger partial charge in [0.2, 0.25) is 11.9 Å². The zero-order valence-corrected chi connectivity index (χ0v) is 17.1. The molecule has 0 radical (unpaired) electrons. The molecular formula is C21H24N8O2. The summed E-state index contributed by atoms with van der Waals surface area (Å²) in [6.45, 7) is 2.01. The summed E-state index contributed by atoms with van der Waals surface area (Å²) in [4.78, 5) is 28.3. The predicted octanol–water partition coefficient (Wildman–Crippen LogP) is 2.12. The molecule has 10 heteroatoms. The number of amides is 2. The zero-order chi connectivity index (χ0) is 21.8.